The monoisotopic (exact) mass is 725 g/mol. The van der Waals surface area contributed by atoms with Gasteiger partial charge >= 0.3 is 0 Å². The summed E-state index contributed by atoms with van der Waals surface area (Å²) in [5, 5.41) is 0. The third kappa shape index (κ3) is 4.47. The molecule has 0 aromatic heterocycles. The van der Waals surface area contributed by atoms with E-state index >= 15 is 0 Å². The van der Waals surface area contributed by atoms with Crippen LogP contribution < -0.4 is 0 Å². The van der Waals surface area contributed by atoms with Gasteiger partial charge in [-0.3, -0.25) is 0 Å². The van der Waals surface area contributed by atoms with Gasteiger partial charge in [0.15, 0.2) is 0 Å². The van der Waals surface area contributed by atoms with Crippen molar-refractivity contribution < 1.29 is 0 Å². The first-order valence-electron chi connectivity index (χ1n) is 23.5. The molecule has 55 heavy (non-hydrogen) atoms. The molecule has 3 unspecified atom stereocenters. The normalized spacial score (nSPS) is 42.7. The smallest absolute Gasteiger partial charge is 0.0345 e. The standard InChI is InChI=1S/C55H64/c1-52(2,3)42-25-48-43-11-7-8-12-49(43)55(50(48)26-42,39-9-5-4-6-10-39)51-44-15-13-40(53-27-33-17-34(28-53)19-35(18-33)29-53)23-46(44)47-24-41(14-16-45(47)51)54-30-36-20-37(31-54)22-38(21-36)32-54/h4-6,9-10,13-16,23-24,26,33-38,43,49,51H,7-8,11-12,17-22,25,27-32H2,1-3H3. The van der Waals surface area contributed by atoms with E-state index in [0.717, 1.165) is 35.5 Å². The summed E-state index contributed by atoms with van der Waals surface area (Å²) in [6, 6.07) is 28.8. The van der Waals surface area contributed by atoms with Crippen LogP contribution in [-0.4, -0.2) is 0 Å². The van der Waals surface area contributed by atoms with Crippen molar-refractivity contribution in [3.63, 3.8) is 0 Å². The topological polar surface area (TPSA) is 0 Å². The highest BCUT2D eigenvalue weighted by molar-refractivity contribution is 5.83. The SMILES string of the molecule is CC(C)(C)C1=CC2=C(C1)C1CCCCC1C2(c1ccccc1)C1c2ccc(C34CC5CC(CC(C5)C3)C4)cc2-c2cc(C34CC5CC(CC(C5)C3)C4)ccc21. The Kier molecular flexibility index (Phi) is 6.75. The van der Waals surface area contributed by atoms with Gasteiger partial charge in [-0.25, -0.2) is 0 Å². The van der Waals surface area contributed by atoms with Crippen molar-refractivity contribution in [2.24, 2.45) is 52.8 Å². The van der Waals surface area contributed by atoms with Gasteiger partial charge in [0, 0.05) is 11.3 Å². The molecule has 9 saturated carbocycles. The lowest BCUT2D eigenvalue weighted by molar-refractivity contribution is -0.00534. The fourth-order valence-electron chi connectivity index (χ4n) is 18.1. The highest BCUT2D eigenvalue weighted by atomic mass is 14.6. The maximum atomic E-state index is 2.86. The molecule has 15 rings (SSSR count). The van der Waals surface area contributed by atoms with Gasteiger partial charge in [0.05, 0.1) is 0 Å². The van der Waals surface area contributed by atoms with Crippen molar-refractivity contribution >= 4 is 0 Å². The number of hydrogen-bond donors (Lipinski definition) is 0. The lowest BCUT2D eigenvalue weighted by Gasteiger charge is -2.57. The molecular weight excluding hydrogens is 661 g/mol. The molecule has 8 bridgehead atoms. The van der Waals surface area contributed by atoms with Crippen molar-refractivity contribution in [1.82, 2.24) is 0 Å². The van der Waals surface area contributed by atoms with Crippen LogP contribution in [0.1, 0.15) is 164 Å². The molecule has 3 atom stereocenters. The Morgan fingerprint density at radius 2 is 1.04 bits per heavy atom. The van der Waals surface area contributed by atoms with Crippen molar-refractivity contribution in [1.29, 1.82) is 0 Å². The molecule has 0 amide bonds. The number of fused-ring (bicyclic) bond motifs is 5. The van der Waals surface area contributed by atoms with Gasteiger partial charge in [-0.1, -0.05) is 118 Å². The van der Waals surface area contributed by atoms with Crippen LogP contribution in [0.3, 0.4) is 0 Å². The molecule has 0 heterocycles. The Balaban J connectivity index is 1.05. The van der Waals surface area contributed by atoms with E-state index in [2.05, 4.69) is 93.6 Å². The third-order valence-corrected chi connectivity index (χ3v) is 19.3. The number of allylic oxidation sites excluding steroid dienone is 4. The largest absolute Gasteiger partial charge is 0.0622 e. The fraction of sp³-hybridized carbons (Fsp3) is 0.600. The highest BCUT2D eigenvalue weighted by Crippen LogP contribution is 2.71. The quantitative estimate of drug-likeness (QED) is 0.251. The Bertz CT molecular complexity index is 2000. The maximum absolute atomic E-state index is 2.86. The van der Waals surface area contributed by atoms with Crippen LogP contribution in [-0.2, 0) is 16.2 Å². The first-order chi connectivity index (χ1) is 26.7. The molecule has 284 valence electrons. The molecule has 0 aliphatic heterocycles. The van der Waals surface area contributed by atoms with E-state index in [-0.39, 0.29) is 10.8 Å². The van der Waals surface area contributed by atoms with E-state index in [4.69, 9.17) is 0 Å². The summed E-state index contributed by atoms with van der Waals surface area (Å²) < 4.78 is 0. The second kappa shape index (κ2) is 11.2. The zero-order valence-electron chi connectivity index (χ0n) is 34.1. The van der Waals surface area contributed by atoms with Gasteiger partial charge in [0.1, 0.15) is 0 Å². The maximum Gasteiger partial charge on any atom is 0.0345 e. The average Bonchev–Trinajstić information content (AvgIpc) is 3.83. The van der Waals surface area contributed by atoms with Crippen LogP contribution in [0.5, 0.6) is 0 Å². The molecule has 0 spiro atoms. The van der Waals surface area contributed by atoms with E-state index in [1.807, 2.05) is 5.57 Å². The Hall–Kier alpha value is -2.86. The second-order valence-corrected chi connectivity index (χ2v) is 23.2. The van der Waals surface area contributed by atoms with Gasteiger partial charge in [-0.15, -0.1) is 0 Å². The number of rotatable bonds is 4. The summed E-state index contributed by atoms with van der Waals surface area (Å²) in [6.07, 6.45) is 27.4. The van der Waals surface area contributed by atoms with Gasteiger partial charge < -0.3 is 0 Å². The molecule has 3 aromatic carbocycles. The summed E-state index contributed by atoms with van der Waals surface area (Å²) in [5.74, 6) is 7.59. The lowest BCUT2D eigenvalue weighted by atomic mass is 9.48. The number of benzene rings is 3. The van der Waals surface area contributed by atoms with E-state index < -0.39 is 0 Å². The average molecular weight is 725 g/mol. The summed E-state index contributed by atoms with van der Waals surface area (Å²) in [7, 11) is 0. The van der Waals surface area contributed by atoms with E-state index in [1.165, 1.54) is 109 Å². The van der Waals surface area contributed by atoms with E-state index in [1.54, 1.807) is 50.1 Å². The number of hydrogen-bond acceptors (Lipinski definition) is 0. The molecule has 3 aromatic rings. The molecule has 12 aliphatic rings. The first-order valence-corrected chi connectivity index (χ1v) is 23.5. The van der Waals surface area contributed by atoms with Crippen LogP contribution in [0.25, 0.3) is 11.1 Å². The molecule has 0 heteroatoms. The minimum Gasteiger partial charge on any atom is -0.0622 e. The Morgan fingerprint density at radius 3 is 1.53 bits per heavy atom. The highest BCUT2D eigenvalue weighted by Gasteiger charge is 2.62. The summed E-state index contributed by atoms with van der Waals surface area (Å²) in [5.41, 5.74) is 18.0. The van der Waals surface area contributed by atoms with E-state index in [9.17, 15) is 0 Å². The molecule has 9 fully saturated rings. The predicted octanol–water partition coefficient (Wildman–Crippen LogP) is 14.2. The summed E-state index contributed by atoms with van der Waals surface area (Å²) in [4.78, 5) is 0. The van der Waals surface area contributed by atoms with Crippen molar-refractivity contribution in [2.45, 2.75) is 152 Å². The molecule has 12 aliphatic carbocycles. The van der Waals surface area contributed by atoms with Crippen LogP contribution in [0.2, 0.25) is 0 Å². The van der Waals surface area contributed by atoms with Crippen molar-refractivity contribution in [3.8, 4) is 11.1 Å². The van der Waals surface area contributed by atoms with Gasteiger partial charge in [-0.2, -0.15) is 0 Å². The van der Waals surface area contributed by atoms with Gasteiger partial charge in [0.2, 0.25) is 0 Å². The summed E-state index contributed by atoms with van der Waals surface area (Å²) in [6.45, 7) is 7.42. The van der Waals surface area contributed by atoms with Crippen LogP contribution >= 0.6 is 0 Å². The van der Waals surface area contributed by atoms with E-state index in [0.29, 0.717) is 28.6 Å². The minimum absolute atomic E-state index is 0.0287. The Morgan fingerprint density at radius 1 is 0.545 bits per heavy atom. The fourth-order valence-corrected chi connectivity index (χ4v) is 18.1. The van der Waals surface area contributed by atoms with Gasteiger partial charge in [-0.05, 0) is 204 Å². The van der Waals surface area contributed by atoms with Crippen molar-refractivity contribution in [3.05, 3.63) is 117 Å². The second-order valence-electron chi connectivity index (χ2n) is 23.2. The lowest BCUT2D eigenvalue weighted by Crippen LogP contribution is -2.48. The first kappa shape index (κ1) is 33.1. The zero-order valence-corrected chi connectivity index (χ0v) is 34.1. The van der Waals surface area contributed by atoms with Gasteiger partial charge in [0.25, 0.3) is 0 Å². The minimum atomic E-state index is -0.0287. The van der Waals surface area contributed by atoms with Crippen LogP contribution in [0.15, 0.2) is 89.5 Å². The molecule has 0 nitrogen and oxygen atoms in total. The third-order valence-electron chi connectivity index (χ3n) is 19.3. The molecule has 0 radical (unpaired) electrons. The van der Waals surface area contributed by atoms with Crippen LogP contribution in [0, 0.1) is 52.8 Å². The zero-order chi connectivity index (χ0) is 36.5. The molecule has 0 N–H and O–H groups in total. The summed E-state index contributed by atoms with van der Waals surface area (Å²) >= 11 is 0. The molecular formula is C55H64. The molecule has 0 saturated heterocycles. The Labute approximate surface area is 332 Å². The van der Waals surface area contributed by atoms with Crippen LogP contribution in [0.4, 0.5) is 0 Å². The van der Waals surface area contributed by atoms with Crippen molar-refractivity contribution in [2.75, 3.05) is 0 Å². The predicted molar refractivity (Wildman–Crippen MR) is 226 cm³/mol.